The molecule has 0 N–H and O–H groups in total. The average molecular weight is 503 g/mol. The molecule has 0 fully saturated rings. The molecule has 0 bridgehead atoms. The van der Waals surface area contributed by atoms with Crippen LogP contribution in [-0.2, 0) is 19.1 Å². The summed E-state index contributed by atoms with van der Waals surface area (Å²) in [5.41, 5.74) is 1.41. The third kappa shape index (κ3) is 4.72. The minimum absolute atomic E-state index is 0.0892. The van der Waals surface area contributed by atoms with Gasteiger partial charge in [0.1, 0.15) is 0 Å². The third-order valence-electron chi connectivity index (χ3n) is 5.82. The molecule has 0 radical (unpaired) electrons. The highest BCUT2D eigenvalue weighted by molar-refractivity contribution is 7.71. The first-order valence-electron chi connectivity index (χ1n) is 11.7. The summed E-state index contributed by atoms with van der Waals surface area (Å²) >= 11 is 5.91. The van der Waals surface area contributed by atoms with Gasteiger partial charge in [0, 0.05) is 0 Å². The van der Waals surface area contributed by atoms with Crippen molar-refractivity contribution in [3.63, 3.8) is 0 Å². The molecule has 1 atom stereocenters. The van der Waals surface area contributed by atoms with Gasteiger partial charge in [0.15, 0.2) is 10.7 Å². The van der Waals surface area contributed by atoms with Gasteiger partial charge in [0.05, 0.1) is 35.8 Å². The first kappa shape index (κ1) is 25.1. The average Bonchev–Trinajstić information content (AvgIpc) is 2.89. The molecule has 0 saturated carbocycles. The van der Waals surface area contributed by atoms with Crippen molar-refractivity contribution in [3.8, 4) is 5.69 Å². The van der Waals surface area contributed by atoms with Crippen molar-refractivity contribution in [2.75, 3.05) is 13.2 Å². The second-order valence-electron chi connectivity index (χ2n) is 7.98. The Morgan fingerprint density at radius 2 is 1.33 bits per heavy atom. The maximum Gasteiger partial charge on any atom is 0.322 e. The van der Waals surface area contributed by atoms with Crippen molar-refractivity contribution in [1.29, 1.82) is 0 Å². The molecule has 0 aliphatic rings. The van der Waals surface area contributed by atoms with Crippen LogP contribution in [0.1, 0.15) is 25.5 Å². The van der Waals surface area contributed by atoms with Gasteiger partial charge in [-0.3, -0.25) is 19.0 Å². The Morgan fingerprint density at radius 1 is 0.806 bits per heavy atom. The number of fused-ring (bicyclic) bond motifs is 1. The number of ether oxygens (including phenoxy) is 2. The maximum absolute atomic E-state index is 13.6. The summed E-state index contributed by atoms with van der Waals surface area (Å²) in [6, 6.07) is 24.2. The van der Waals surface area contributed by atoms with Gasteiger partial charge in [0.2, 0.25) is 0 Å². The number of carbonyl (C=O) groups excluding carboxylic acids is 2. The van der Waals surface area contributed by atoms with Crippen LogP contribution in [0.4, 0.5) is 0 Å². The first-order valence-corrected chi connectivity index (χ1v) is 12.1. The summed E-state index contributed by atoms with van der Waals surface area (Å²) in [6.07, 6.45) is 0. The predicted molar refractivity (Wildman–Crippen MR) is 140 cm³/mol. The third-order valence-corrected chi connectivity index (χ3v) is 6.20. The molecule has 0 aliphatic heterocycles. The van der Waals surface area contributed by atoms with E-state index in [1.165, 1.54) is 4.57 Å². The fraction of sp³-hybridized carbons (Fsp3) is 0.214. The van der Waals surface area contributed by atoms with Gasteiger partial charge in [-0.25, -0.2) is 0 Å². The van der Waals surface area contributed by atoms with Crippen LogP contribution in [-0.4, -0.2) is 34.3 Å². The molecule has 0 amide bonds. The lowest BCUT2D eigenvalue weighted by atomic mass is 9.92. The molecule has 3 aromatic carbocycles. The van der Waals surface area contributed by atoms with Gasteiger partial charge in [-0.2, -0.15) is 0 Å². The van der Waals surface area contributed by atoms with Crippen LogP contribution in [0, 0.1) is 10.7 Å². The number of hydrogen-bond donors (Lipinski definition) is 0. The van der Waals surface area contributed by atoms with E-state index in [1.54, 1.807) is 54.8 Å². The summed E-state index contributed by atoms with van der Waals surface area (Å²) in [7, 11) is 0. The number of benzene rings is 3. The van der Waals surface area contributed by atoms with E-state index in [4.69, 9.17) is 21.7 Å². The van der Waals surface area contributed by atoms with Crippen LogP contribution >= 0.6 is 12.2 Å². The van der Waals surface area contributed by atoms with E-state index in [1.807, 2.05) is 48.5 Å². The Balaban J connectivity index is 2.13. The second-order valence-corrected chi connectivity index (χ2v) is 8.35. The van der Waals surface area contributed by atoms with Crippen molar-refractivity contribution in [2.24, 2.45) is 5.92 Å². The van der Waals surface area contributed by atoms with E-state index < -0.39 is 23.9 Å². The number of para-hydroxylation sites is 2. The van der Waals surface area contributed by atoms with Gasteiger partial charge in [-0.15, -0.1) is 0 Å². The summed E-state index contributed by atoms with van der Waals surface area (Å²) in [6.45, 7) is 3.53. The van der Waals surface area contributed by atoms with Crippen molar-refractivity contribution in [2.45, 2.75) is 19.9 Å². The first-order chi connectivity index (χ1) is 17.5. The van der Waals surface area contributed by atoms with E-state index >= 15 is 0 Å². The number of hydrogen-bond acceptors (Lipinski definition) is 6. The summed E-state index contributed by atoms with van der Waals surface area (Å²) in [4.78, 5) is 40.2. The van der Waals surface area contributed by atoms with Gasteiger partial charge < -0.3 is 14.0 Å². The molecule has 0 spiro atoms. The largest absolute Gasteiger partial charge is 0.465 e. The van der Waals surface area contributed by atoms with Crippen LogP contribution in [0.25, 0.3) is 16.6 Å². The summed E-state index contributed by atoms with van der Waals surface area (Å²) in [5.74, 6) is -2.81. The maximum atomic E-state index is 13.6. The van der Waals surface area contributed by atoms with E-state index in [0.717, 1.165) is 0 Å². The highest BCUT2D eigenvalue weighted by Gasteiger charge is 2.41. The fourth-order valence-electron chi connectivity index (χ4n) is 4.32. The summed E-state index contributed by atoms with van der Waals surface area (Å²) < 4.78 is 13.9. The number of aromatic nitrogens is 2. The Bertz CT molecular complexity index is 1480. The van der Waals surface area contributed by atoms with Crippen molar-refractivity contribution in [3.05, 3.63) is 106 Å². The molecular weight excluding hydrogens is 476 g/mol. The fourth-order valence-corrected chi connectivity index (χ4v) is 4.72. The smallest absolute Gasteiger partial charge is 0.322 e. The molecule has 1 unspecified atom stereocenters. The van der Waals surface area contributed by atoms with Crippen LogP contribution in [0.15, 0.2) is 89.7 Å². The lowest BCUT2D eigenvalue weighted by molar-refractivity contribution is -0.163. The standard InChI is InChI=1S/C28H26N2O5S/c1-3-34-26(32)23(27(33)35-4-2)24(19-13-7-5-8-14-19)30-22-18-12-11-17-21(22)25(31)29(28(30)36)20-15-9-6-10-16-20/h5-18,23-24H,3-4H2,1-2H3. The minimum atomic E-state index is -1.36. The lowest BCUT2D eigenvalue weighted by Gasteiger charge is -2.29. The Kier molecular flexibility index (Phi) is 7.75. The zero-order valence-corrected chi connectivity index (χ0v) is 20.8. The van der Waals surface area contributed by atoms with Gasteiger partial charge in [-0.05, 0) is 55.9 Å². The van der Waals surface area contributed by atoms with Crippen LogP contribution in [0.5, 0.6) is 0 Å². The molecule has 4 aromatic rings. The highest BCUT2D eigenvalue weighted by atomic mass is 32.1. The second kappa shape index (κ2) is 11.1. The van der Waals surface area contributed by atoms with Crippen molar-refractivity contribution >= 4 is 35.1 Å². The van der Waals surface area contributed by atoms with Crippen LogP contribution < -0.4 is 5.56 Å². The van der Waals surface area contributed by atoms with Crippen LogP contribution in [0.2, 0.25) is 0 Å². The molecule has 0 aliphatic carbocycles. The lowest BCUT2D eigenvalue weighted by Crippen LogP contribution is -2.38. The molecule has 7 nitrogen and oxygen atoms in total. The van der Waals surface area contributed by atoms with E-state index in [-0.39, 0.29) is 23.5 Å². The molecule has 1 heterocycles. The van der Waals surface area contributed by atoms with Gasteiger partial charge in [-0.1, -0.05) is 60.7 Å². The van der Waals surface area contributed by atoms with E-state index in [2.05, 4.69) is 0 Å². The topological polar surface area (TPSA) is 79.5 Å². The molecular formula is C28H26N2O5S. The quantitative estimate of drug-likeness (QED) is 0.195. The normalized spacial score (nSPS) is 11.9. The monoisotopic (exact) mass is 502 g/mol. The van der Waals surface area contributed by atoms with Crippen LogP contribution in [0.3, 0.4) is 0 Å². The van der Waals surface area contributed by atoms with E-state index in [9.17, 15) is 14.4 Å². The number of nitrogens with zero attached hydrogens (tertiary/aromatic N) is 2. The zero-order chi connectivity index (χ0) is 25.7. The number of esters is 2. The highest BCUT2D eigenvalue weighted by Crippen LogP contribution is 2.32. The molecule has 0 saturated heterocycles. The zero-order valence-electron chi connectivity index (χ0n) is 20.0. The molecule has 4 rings (SSSR count). The van der Waals surface area contributed by atoms with Gasteiger partial charge in [0.25, 0.3) is 5.56 Å². The molecule has 36 heavy (non-hydrogen) atoms. The van der Waals surface area contributed by atoms with Crippen molar-refractivity contribution in [1.82, 2.24) is 9.13 Å². The number of carbonyl (C=O) groups is 2. The molecule has 1 aromatic heterocycles. The van der Waals surface area contributed by atoms with E-state index in [0.29, 0.717) is 22.2 Å². The minimum Gasteiger partial charge on any atom is -0.465 e. The van der Waals surface area contributed by atoms with Crippen molar-refractivity contribution < 1.29 is 19.1 Å². The molecule has 8 heteroatoms. The Hall–Kier alpha value is -4.04. The molecule has 184 valence electrons. The SMILES string of the molecule is CCOC(=O)C(C(=O)OCC)C(c1ccccc1)n1c(=S)n(-c2ccccc2)c(=O)c2ccccc21. The van der Waals surface area contributed by atoms with Gasteiger partial charge >= 0.3 is 11.9 Å². The predicted octanol–water partition coefficient (Wildman–Crippen LogP) is 4.85. The Morgan fingerprint density at radius 3 is 1.92 bits per heavy atom. The Labute approximate surface area is 213 Å². The summed E-state index contributed by atoms with van der Waals surface area (Å²) in [5, 5.41) is 0.391. The number of rotatable bonds is 8.